The molecular formula is C25H22ClNP+. The zero-order chi connectivity index (χ0) is 19.4. The Morgan fingerprint density at radius 2 is 0.893 bits per heavy atom. The number of benzene rings is 4. The van der Waals surface area contributed by atoms with Crippen molar-refractivity contribution in [1.82, 2.24) is 0 Å². The molecule has 0 atom stereocenters. The van der Waals surface area contributed by atoms with Gasteiger partial charge < -0.3 is 0 Å². The quantitative estimate of drug-likeness (QED) is 0.388. The van der Waals surface area contributed by atoms with Gasteiger partial charge in [0.25, 0.3) is 0 Å². The maximum absolute atomic E-state index is 6.17. The molecular weight excluding hydrogens is 381 g/mol. The molecule has 4 aromatic rings. The number of halogens is 1. The van der Waals surface area contributed by atoms with Crippen LogP contribution in [-0.2, 0) is 0 Å². The molecule has 138 valence electrons. The highest BCUT2D eigenvalue weighted by atomic mass is 35.5. The third kappa shape index (κ3) is 3.33. The third-order valence-electron chi connectivity index (χ3n) is 5.04. The standard InChI is InChI=1S/C25H22ClNP/c1-27(22-19-17-21(26)18-20-22)28(23-11-5-2-6-12-23,24-13-7-3-8-14-24)25-15-9-4-10-16-25/h2-20H,1H3/q+1. The minimum Gasteiger partial charge on any atom is -0.237 e. The van der Waals surface area contributed by atoms with Crippen LogP contribution in [0, 0.1) is 0 Å². The van der Waals surface area contributed by atoms with Crippen LogP contribution in [0.1, 0.15) is 0 Å². The van der Waals surface area contributed by atoms with Crippen molar-refractivity contribution in [1.29, 1.82) is 0 Å². The molecule has 0 aliphatic rings. The zero-order valence-corrected chi connectivity index (χ0v) is 17.4. The van der Waals surface area contributed by atoms with E-state index >= 15 is 0 Å². The van der Waals surface area contributed by atoms with Gasteiger partial charge in [-0.2, -0.15) is 0 Å². The van der Waals surface area contributed by atoms with Gasteiger partial charge in [0.2, 0.25) is 7.41 Å². The van der Waals surface area contributed by atoms with Crippen LogP contribution in [0.4, 0.5) is 5.69 Å². The molecule has 0 fully saturated rings. The minimum atomic E-state index is -2.09. The summed E-state index contributed by atoms with van der Waals surface area (Å²) in [5.41, 5.74) is 1.15. The van der Waals surface area contributed by atoms with Gasteiger partial charge >= 0.3 is 0 Å². The minimum absolute atomic E-state index is 0.750. The van der Waals surface area contributed by atoms with Gasteiger partial charge in [0.1, 0.15) is 15.9 Å². The van der Waals surface area contributed by atoms with Gasteiger partial charge in [0, 0.05) is 12.1 Å². The van der Waals surface area contributed by atoms with Crippen LogP contribution in [-0.4, -0.2) is 7.05 Å². The highest BCUT2D eigenvalue weighted by Gasteiger charge is 2.50. The first-order valence-corrected chi connectivity index (χ1v) is 11.4. The van der Waals surface area contributed by atoms with Gasteiger partial charge in [-0.1, -0.05) is 66.2 Å². The van der Waals surface area contributed by atoms with Crippen LogP contribution >= 0.6 is 19.0 Å². The Kier molecular flexibility index (Phi) is 5.48. The van der Waals surface area contributed by atoms with Gasteiger partial charge in [-0.3, -0.25) is 0 Å². The van der Waals surface area contributed by atoms with Gasteiger partial charge in [-0.05, 0) is 60.7 Å². The summed E-state index contributed by atoms with van der Waals surface area (Å²) in [5, 5.41) is 4.72. The van der Waals surface area contributed by atoms with Crippen LogP contribution < -0.4 is 20.6 Å². The second kappa shape index (κ2) is 8.19. The van der Waals surface area contributed by atoms with Crippen molar-refractivity contribution in [2.24, 2.45) is 0 Å². The van der Waals surface area contributed by atoms with Crippen LogP contribution in [0.5, 0.6) is 0 Å². The SMILES string of the molecule is CN(c1ccc(Cl)cc1)[P+](c1ccccc1)(c1ccccc1)c1ccccc1. The van der Waals surface area contributed by atoms with E-state index in [9.17, 15) is 0 Å². The Bertz CT molecular complexity index is 922. The maximum atomic E-state index is 6.17. The molecule has 3 heteroatoms. The Morgan fingerprint density at radius 3 is 1.25 bits per heavy atom. The van der Waals surface area contributed by atoms with Crippen molar-refractivity contribution in [2.45, 2.75) is 0 Å². The van der Waals surface area contributed by atoms with Crippen molar-refractivity contribution in [3.05, 3.63) is 120 Å². The Balaban J connectivity index is 2.05. The van der Waals surface area contributed by atoms with Gasteiger partial charge in [-0.25, -0.2) is 4.67 Å². The van der Waals surface area contributed by atoms with E-state index in [2.05, 4.69) is 115 Å². The van der Waals surface area contributed by atoms with Gasteiger partial charge in [0.15, 0.2) is 0 Å². The first kappa shape index (κ1) is 18.7. The molecule has 4 aromatic carbocycles. The summed E-state index contributed by atoms with van der Waals surface area (Å²) in [7, 11) is 0.107. The molecule has 4 rings (SSSR count). The van der Waals surface area contributed by atoms with Crippen molar-refractivity contribution in [3.8, 4) is 0 Å². The molecule has 0 heterocycles. The van der Waals surface area contributed by atoms with E-state index < -0.39 is 7.41 Å². The number of rotatable bonds is 5. The highest BCUT2D eigenvalue weighted by Crippen LogP contribution is 2.59. The lowest BCUT2D eigenvalue weighted by molar-refractivity contribution is 1.33. The van der Waals surface area contributed by atoms with Crippen LogP contribution in [0.15, 0.2) is 115 Å². The fraction of sp³-hybridized carbons (Fsp3) is 0.0400. The molecule has 28 heavy (non-hydrogen) atoms. The lowest BCUT2D eigenvalue weighted by Gasteiger charge is -2.35. The summed E-state index contributed by atoms with van der Waals surface area (Å²) < 4.78 is 2.45. The molecule has 0 aliphatic carbocycles. The summed E-state index contributed by atoms with van der Waals surface area (Å²) in [6.45, 7) is 0. The molecule has 0 aromatic heterocycles. The van der Waals surface area contributed by atoms with E-state index in [1.54, 1.807) is 0 Å². The summed E-state index contributed by atoms with van der Waals surface area (Å²) in [6.07, 6.45) is 0. The molecule has 0 bridgehead atoms. The third-order valence-corrected chi connectivity index (χ3v) is 9.56. The van der Waals surface area contributed by atoms with Crippen molar-refractivity contribution in [3.63, 3.8) is 0 Å². The van der Waals surface area contributed by atoms with Crippen LogP contribution in [0.2, 0.25) is 5.02 Å². The fourth-order valence-corrected chi connectivity index (χ4v) is 8.08. The maximum Gasteiger partial charge on any atom is 0.202 e. The average Bonchev–Trinajstić information content (AvgIpc) is 2.77. The molecule has 0 amide bonds. The Morgan fingerprint density at radius 1 is 0.536 bits per heavy atom. The Hall–Kier alpha value is -2.60. The largest absolute Gasteiger partial charge is 0.237 e. The summed E-state index contributed by atoms with van der Waals surface area (Å²) in [4.78, 5) is 0. The average molecular weight is 403 g/mol. The summed E-state index contributed by atoms with van der Waals surface area (Å²) in [6, 6.07) is 40.7. The lowest BCUT2D eigenvalue weighted by Crippen LogP contribution is -2.41. The van der Waals surface area contributed by atoms with Crippen molar-refractivity contribution >= 4 is 40.6 Å². The second-order valence-corrected chi connectivity index (χ2v) is 10.5. The van der Waals surface area contributed by atoms with E-state index in [0.717, 1.165) is 10.7 Å². The molecule has 0 spiro atoms. The monoisotopic (exact) mass is 402 g/mol. The highest BCUT2D eigenvalue weighted by molar-refractivity contribution is 7.96. The number of hydrogen-bond donors (Lipinski definition) is 0. The van der Waals surface area contributed by atoms with E-state index in [1.807, 2.05) is 12.1 Å². The molecule has 0 unspecified atom stereocenters. The van der Waals surface area contributed by atoms with Crippen LogP contribution in [0.3, 0.4) is 0 Å². The second-order valence-electron chi connectivity index (χ2n) is 6.64. The predicted molar refractivity (Wildman–Crippen MR) is 125 cm³/mol. The number of anilines is 1. The zero-order valence-electron chi connectivity index (χ0n) is 15.7. The normalized spacial score (nSPS) is 11.2. The lowest BCUT2D eigenvalue weighted by atomic mass is 10.3. The van der Waals surface area contributed by atoms with Crippen LogP contribution in [0.25, 0.3) is 0 Å². The first-order valence-electron chi connectivity index (χ1n) is 9.28. The summed E-state index contributed by atoms with van der Waals surface area (Å²) in [5.74, 6) is 0. The molecule has 0 saturated heterocycles. The number of hydrogen-bond acceptors (Lipinski definition) is 1. The molecule has 0 aliphatic heterocycles. The van der Waals surface area contributed by atoms with Gasteiger partial charge in [0.05, 0.1) is 5.69 Å². The van der Waals surface area contributed by atoms with E-state index in [1.165, 1.54) is 15.9 Å². The number of nitrogens with zero attached hydrogens (tertiary/aromatic N) is 1. The van der Waals surface area contributed by atoms with Crippen molar-refractivity contribution < 1.29 is 0 Å². The molecule has 0 saturated carbocycles. The molecule has 0 radical (unpaired) electrons. The topological polar surface area (TPSA) is 3.24 Å². The Labute approximate surface area is 172 Å². The van der Waals surface area contributed by atoms with E-state index in [-0.39, 0.29) is 0 Å². The van der Waals surface area contributed by atoms with E-state index in [0.29, 0.717) is 0 Å². The van der Waals surface area contributed by atoms with Crippen molar-refractivity contribution in [2.75, 3.05) is 11.7 Å². The van der Waals surface area contributed by atoms with E-state index in [4.69, 9.17) is 11.6 Å². The fourth-order valence-electron chi connectivity index (χ4n) is 3.73. The molecule has 0 N–H and O–H groups in total. The first-order chi connectivity index (χ1) is 13.7. The predicted octanol–water partition coefficient (Wildman–Crippen LogP) is 5.69. The smallest absolute Gasteiger partial charge is 0.202 e. The summed E-state index contributed by atoms with van der Waals surface area (Å²) >= 11 is 6.17. The van der Waals surface area contributed by atoms with Gasteiger partial charge in [-0.15, -0.1) is 0 Å². The molecule has 1 nitrogen and oxygen atoms in total.